The molecule has 106 valence electrons. The van der Waals surface area contributed by atoms with E-state index in [2.05, 4.69) is 10.3 Å². The third-order valence-electron chi connectivity index (χ3n) is 2.62. The molecule has 0 fully saturated rings. The summed E-state index contributed by atoms with van der Waals surface area (Å²) < 4.78 is 14.8. The summed E-state index contributed by atoms with van der Waals surface area (Å²) in [4.78, 5) is 15.9. The van der Waals surface area contributed by atoms with Gasteiger partial charge in [-0.25, -0.2) is 9.37 Å². The number of nitrogens with one attached hydrogen (secondary N) is 1. The summed E-state index contributed by atoms with van der Waals surface area (Å²) in [7, 11) is 1.90. The van der Waals surface area contributed by atoms with Gasteiger partial charge in [-0.15, -0.1) is 0 Å². The molecule has 1 aromatic heterocycles. The number of halogens is 1. The molecule has 7 heteroatoms. The summed E-state index contributed by atoms with van der Waals surface area (Å²) in [5.41, 5.74) is 6.27. The number of nitrogens with zero attached hydrogens (tertiary/aromatic N) is 2. The van der Waals surface area contributed by atoms with Crippen molar-refractivity contribution in [3.63, 3.8) is 0 Å². The first-order valence-corrected chi connectivity index (χ1v) is 7.00. The van der Waals surface area contributed by atoms with E-state index in [4.69, 9.17) is 5.73 Å². The molecule has 20 heavy (non-hydrogen) atoms. The Morgan fingerprint density at radius 1 is 1.55 bits per heavy atom. The van der Waals surface area contributed by atoms with E-state index >= 15 is 0 Å². The number of carbonyl (C=O) groups excluding carboxylic acids is 1. The number of nitrogen functional groups attached to an aromatic ring is 1. The first-order chi connectivity index (χ1) is 9.56. The maximum absolute atomic E-state index is 12.9. The molecule has 0 saturated heterocycles. The van der Waals surface area contributed by atoms with E-state index < -0.39 is 5.82 Å². The number of anilines is 2. The van der Waals surface area contributed by atoms with Gasteiger partial charge < -0.3 is 15.6 Å². The lowest BCUT2D eigenvalue weighted by Crippen LogP contribution is -2.13. The predicted molar refractivity (Wildman–Crippen MR) is 78.0 cm³/mol. The molecular weight excluding hydrogens is 279 g/mol. The van der Waals surface area contributed by atoms with Crippen molar-refractivity contribution < 1.29 is 9.18 Å². The largest absolute Gasteiger partial charge is 0.397 e. The van der Waals surface area contributed by atoms with Crippen LogP contribution in [0.1, 0.15) is 6.42 Å². The van der Waals surface area contributed by atoms with Crippen LogP contribution in [0.3, 0.4) is 0 Å². The third kappa shape index (κ3) is 3.74. The Labute approximate surface area is 120 Å². The van der Waals surface area contributed by atoms with E-state index in [1.807, 2.05) is 17.8 Å². The zero-order valence-electron chi connectivity index (χ0n) is 11.0. The third-order valence-corrected chi connectivity index (χ3v) is 3.68. The molecule has 0 aliphatic heterocycles. The average Bonchev–Trinajstić information content (AvgIpc) is 2.79. The highest BCUT2D eigenvalue weighted by atomic mass is 32.2. The van der Waals surface area contributed by atoms with Gasteiger partial charge in [0.1, 0.15) is 5.82 Å². The maximum atomic E-state index is 12.9. The second-order valence-corrected chi connectivity index (χ2v) is 5.26. The molecule has 1 aromatic carbocycles. The van der Waals surface area contributed by atoms with Gasteiger partial charge in [-0.05, 0) is 18.2 Å². The minimum Gasteiger partial charge on any atom is -0.397 e. The fraction of sp³-hybridized carbons (Fsp3) is 0.231. The smallest absolute Gasteiger partial charge is 0.225 e. The zero-order valence-corrected chi connectivity index (χ0v) is 11.8. The van der Waals surface area contributed by atoms with Crippen molar-refractivity contribution in [2.24, 2.45) is 7.05 Å². The number of hydrogen-bond acceptors (Lipinski definition) is 4. The number of hydrogen-bond donors (Lipinski definition) is 2. The van der Waals surface area contributed by atoms with Crippen LogP contribution in [0.15, 0.2) is 35.7 Å². The maximum Gasteiger partial charge on any atom is 0.225 e. The van der Waals surface area contributed by atoms with Crippen LogP contribution in [0.4, 0.5) is 15.8 Å². The van der Waals surface area contributed by atoms with Gasteiger partial charge >= 0.3 is 0 Å². The SMILES string of the molecule is Cn1ccnc1SCCC(=O)Nc1ccc(F)cc1N. The van der Waals surface area contributed by atoms with Gasteiger partial charge in [0.2, 0.25) is 5.91 Å². The van der Waals surface area contributed by atoms with Crippen molar-refractivity contribution in [3.05, 3.63) is 36.4 Å². The molecule has 0 aliphatic carbocycles. The Hall–Kier alpha value is -2.02. The second kappa shape index (κ2) is 6.42. The van der Waals surface area contributed by atoms with Gasteiger partial charge in [0, 0.05) is 31.6 Å². The van der Waals surface area contributed by atoms with Crippen molar-refractivity contribution in [1.29, 1.82) is 0 Å². The fourth-order valence-corrected chi connectivity index (χ4v) is 2.46. The summed E-state index contributed by atoms with van der Waals surface area (Å²) in [6.07, 6.45) is 3.89. The van der Waals surface area contributed by atoms with Crippen molar-refractivity contribution >= 4 is 29.0 Å². The van der Waals surface area contributed by atoms with E-state index in [0.717, 1.165) is 5.16 Å². The van der Waals surface area contributed by atoms with Crippen molar-refractivity contribution in [2.75, 3.05) is 16.8 Å². The molecule has 0 unspecified atom stereocenters. The van der Waals surface area contributed by atoms with Gasteiger partial charge in [-0.1, -0.05) is 11.8 Å². The van der Waals surface area contributed by atoms with Crippen molar-refractivity contribution in [3.8, 4) is 0 Å². The molecule has 0 saturated carbocycles. The van der Waals surface area contributed by atoms with E-state index in [1.165, 1.54) is 30.0 Å². The van der Waals surface area contributed by atoms with E-state index in [-0.39, 0.29) is 11.6 Å². The fourth-order valence-electron chi connectivity index (χ4n) is 1.59. The lowest BCUT2D eigenvalue weighted by molar-refractivity contribution is -0.115. The molecule has 2 rings (SSSR count). The minimum atomic E-state index is -0.425. The number of aromatic nitrogens is 2. The van der Waals surface area contributed by atoms with Crippen molar-refractivity contribution in [2.45, 2.75) is 11.6 Å². The molecule has 0 radical (unpaired) electrons. The number of amides is 1. The number of rotatable bonds is 5. The number of aryl methyl sites for hydroxylation is 1. The summed E-state index contributed by atoms with van der Waals surface area (Å²) in [5, 5.41) is 3.52. The molecule has 3 N–H and O–H groups in total. The van der Waals surface area contributed by atoms with E-state index in [1.54, 1.807) is 6.20 Å². The van der Waals surface area contributed by atoms with Crippen LogP contribution in [0.25, 0.3) is 0 Å². The Balaban J connectivity index is 1.82. The Kier molecular flexibility index (Phi) is 4.62. The Bertz CT molecular complexity index is 614. The predicted octanol–water partition coefficient (Wildman–Crippen LogP) is 2.26. The average molecular weight is 294 g/mol. The standard InChI is InChI=1S/C13H15FN4OS/c1-18-6-5-16-13(18)20-7-4-12(19)17-11-3-2-9(14)8-10(11)15/h2-3,5-6,8H,4,7,15H2,1H3,(H,17,19). The number of benzene rings is 1. The number of thioether (sulfide) groups is 1. The summed E-state index contributed by atoms with van der Waals surface area (Å²) in [5.74, 6) is 0.0217. The summed E-state index contributed by atoms with van der Waals surface area (Å²) in [6.45, 7) is 0. The zero-order chi connectivity index (χ0) is 14.5. The molecule has 0 spiro atoms. The highest BCUT2D eigenvalue weighted by Crippen LogP contribution is 2.20. The summed E-state index contributed by atoms with van der Waals surface area (Å²) in [6, 6.07) is 3.89. The van der Waals surface area contributed by atoms with Crippen LogP contribution < -0.4 is 11.1 Å². The summed E-state index contributed by atoms with van der Waals surface area (Å²) >= 11 is 1.50. The number of imidazole rings is 1. The highest BCUT2D eigenvalue weighted by Gasteiger charge is 2.07. The molecular formula is C13H15FN4OS. The van der Waals surface area contributed by atoms with Crippen LogP contribution in [0, 0.1) is 5.82 Å². The molecule has 5 nitrogen and oxygen atoms in total. The first-order valence-electron chi connectivity index (χ1n) is 6.01. The lowest BCUT2D eigenvalue weighted by Gasteiger charge is -2.08. The van der Waals surface area contributed by atoms with Gasteiger partial charge in [0.15, 0.2) is 5.16 Å². The van der Waals surface area contributed by atoms with Gasteiger partial charge in [-0.2, -0.15) is 0 Å². The lowest BCUT2D eigenvalue weighted by atomic mass is 10.2. The Morgan fingerprint density at radius 3 is 3.00 bits per heavy atom. The number of nitrogens with two attached hydrogens (primary N) is 1. The normalized spacial score (nSPS) is 10.5. The molecule has 0 aliphatic rings. The monoisotopic (exact) mass is 294 g/mol. The van der Waals surface area contributed by atoms with Gasteiger partial charge in [-0.3, -0.25) is 4.79 Å². The van der Waals surface area contributed by atoms with E-state index in [0.29, 0.717) is 17.9 Å². The van der Waals surface area contributed by atoms with Gasteiger partial charge in [0.25, 0.3) is 0 Å². The van der Waals surface area contributed by atoms with Crippen LogP contribution in [0.2, 0.25) is 0 Å². The molecule has 2 aromatic rings. The first kappa shape index (κ1) is 14.4. The number of carbonyl (C=O) groups is 1. The quantitative estimate of drug-likeness (QED) is 0.655. The highest BCUT2D eigenvalue weighted by molar-refractivity contribution is 7.99. The molecule has 0 atom stereocenters. The molecule has 1 amide bonds. The van der Waals surface area contributed by atoms with Gasteiger partial charge in [0.05, 0.1) is 11.4 Å². The second-order valence-electron chi connectivity index (χ2n) is 4.20. The molecule has 1 heterocycles. The topological polar surface area (TPSA) is 72.9 Å². The van der Waals surface area contributed by atoms with Crippen molar-refractivity contribution in [1.82, 2.24) is 9.55 Å². The van der Waals surface area contributed by atoms with Crippen LogP contribution in [-0.2, 0) is 11.8 Å². The van der Waals surface area contributed by atoms with Crippen LogP contribution in [-0.4, -0.2) is 21.2 Å². The van der Waals surface area contributed by atoms with Crippen LogP contribution in [0.5, 0.6) is 0 Å². The molecule has 0 bridgehead atoms. The van der Waals surface area contributed by atoms with E-state index in [9.17, 15) is 9.18 Å². The van der Waals surface area contributed by atoms with Crippen LogP contribution >= 0.6 is 11.8 Å². The minimum absolute atomic E-state index is 0.162. The Morgan fingerprint density at radius 2 is 2.35 bits per heavy atom.